The van der Waals surface area contributed by atoms with Gasteiger partial charge in [-0.25, -0.2) is 0 Å². The van der Waals surface area contributed by atoms with Gasteiger partial charge < -0.3 is 14.2 Å². The highest BCUT2D eigenvalue weighted by atomic mass is 16.7. The summed E-state index contributed by atoms with van der Waals surface area (Å²) in [6.45, 7) is 2.95. The zero-order chi connectivity index (χ0) is 31.4. The molecule has 0 amide bonds. The Labute approximate surface area is 268 Å². The molecule has 0 aliphatic heterocycles. The molecule has 0 aromatic heterocycles. The van der Waals surface area contributed by atoms with Gasteiger partial charge in [0.15, 0.2) is 0 Å². The van der Waals surface area contributed by atoms with Gasteiger partial charge in [0.25, 0.3) is 0 Å². The van der Waals surface area contributed by atoms with Gasteiger partial charge in [-0.1, -0.05) is 80.1 Å². The zero-order valence-electron chi connectivity index (χ0n) is 25.6. The third-order valence-corrected chi connectivity index (χ3v) is 7.28. The Hall–Kier alpha value is -5.82. The van der Waals surface area contributed by atoms with Gasteiger partial charge >= 0.3 is 0 Å². The topological polar surface area (TPSA) is 77.1 Å². The van der Waals surface area contributed by atoms with Crippen molar-refractivity contribution < 1.29 is 14.2 Å². The van der Waals surface area contributed by atoms with Gasteiger partial charge in [0.1, 0.15) is 17.2 Å². The molecule has 0 N–H and O–H groups in total. The van der Waals surface area contributed by atoms with Crippen molar-refractivity contribution in [3.63, 3.8) is 0 Å². The fourth-order valence-electron chi connectivity index (χ4n) is 4.76. The lowest BCUT2D eigenvalue weighted by Crippen LogP contribution is -2.05. The molecule has 6 aromatic carbocycles. The van der Waals surface area contributed by atoms with Gasteiger partial charge in [0.05, 0.1) is 29.4 Å². The molecule has 0 spiro atoms. The number of ether oxygens (including phenoxy) is 3. The van der Waals surface area contributed by atoms with Crippen LogP contribution in [0.2, 0.25) is 0 Å². The van der Waals surface area contributed by atoms with Crippen molar-refractivity contribution >= 4 is 33.5 Å². The van der Waals surface area contributed by atoms with Crippen LogP contribution < -0.4 is 14.2 Å². The van der Waals surface area contributed by atoms with E-state index in [1.165, 1.54) is 5.56 Å². The van der Waals surface area contributed by atoms with Crippen LogP contribution in [0.4, 0.5) is 22.7 Å². The van der Waals surface area contributed by atoms with E-state index in [-0.39, 0.29) is 6.79 Å². The Kier molecular flexibility index (Phi) is 10.0. The van der Waals surface area contributed by atoms with Crippen molar-refractivity contribution in [2.24, 2.45) is 20.5 Å². The molecule has 0 radical (unpaired) electrons. The predicted molar refractivity (Wildman–Crippen MR) is 184 cm³/mol. The van der Waals surface area contributed by atoms with E-state index >= 15 is 0 Å². The molecule has 0 saturated heterocycles. The van der Waals surface area contributed by atoms with Crippen LogP contribution in [0.3, 0.4) is 0 Å². The van der Waals surface area contributed by atoms with Crippen LogP contribution in [-0.4, -0.2) is 13.4 Å². The second-order valence-electron chi connectivity index (χ2n) is 10.5. The van der Waals surface area contributed by atoms with Crippen LogP contribution in [0.25, 0.3) is 21.9 Å². The normalized spacial score (nSPS) is 11.3. The van der Waals surface area contributed by atoms with E-state index in [0.717, 1.165) is 58.6 Å². The smallest absolute Gasteiger partial charge is 0.230 e. The van der Waals surface area contributed by atoms with Crippen molar-refractivity contribution in [1.29, 1.82) is 0 Å². The summed E-state index contributed by atoms with van der Waals surface area (Å²) in [6.07, 6.45) is 2.14. The first kappa shape index (κ1) is 30.2. The maximum atomic E-state index is 5.74. The molecule has 0 bridgehead atoms. The number of rotatable bonds is 13. The van der Waals surface area contributed by atoms with Gasteiger partial charge in [-0.05, 0) is 90.3 Å². The standard InChI is InChI=1S/C39H34N4O3/c1-2-3-27-44-33-21-23-35(24-22-33)46-28-45-34-19-17-32(18-20-34)41-43-39-26-25-38(36-11-7-8-12-37(36)39)42-40-31-15-13-30(14-16-31)29-9-5-4-6-10-29/h4-26H,2-3,27-28H2,1H3. The number of fused-ring (bicyclic) bond motifs is 1. The minimum absolute atomic E-state index is 0.0889. The van der Waals surface area contributed by atoms with E-state index in [0.29, 0.717) is 17.2 Å². The highest BCUT2D eigenvalue weighted by molar-refractivity contribution is 5.99. The van der Waals surface area contributed by atoms with E-state index in [1.807, 2.05) is 115 Å². The van der Waals surface area contributed by atoms with Crippen molar-refractivity contribution in [1.82, 2.24) is 0 Å². The summed E-state index contributed by atoms with van der Waals surface area (Å²) < 4.78 is 17.1. The first-order valence-electron chi connectivity index (χ1n) is 15.3. The van der Waals surface area contributed by atoms with Gasteiger partial charge in [0.2, 0.25) is 6.79 Å². The number of benzene rings is 6. The second-order valence-corrected chi connectivity index (χ2v) is 10.5. The summed E-state index contributed by atoms with van der Waals surface area (Å²) in [5.74, 6) is 2.22. The summed E-state index contributed by atoms with van der Waals surface area (Å²) in [5.41, 5.74) is 5.31. The third kappa shape index (κ3) is 8.01. The average molecular weight is 607 g/mol. The Morgan fingerprint density at radius 2 is 0.891 bits per heavy atom. The molecule has 7 heteroatoms. The molecule has 7 nitrogen and oxygen atoms in total. The van der Waals surface area contributed by atoms with Crippen LogP contribution >= 0.6 is 0 Å². The summed E-state index contributed by atoms with van der Waals surface area (Å²) in [4.78, 5) is 0. The molecule has 0 saturated carbocycles. The fraction of sp³-hybridized carbons (Fsp3) is 0.128. The maximum absolute atomic E-state index is 5.74. The number of hydrogen-bond donors (Lipinski definition) is 0. The average Bonchev–Trinajstić information content (AvgIpc) is 3.12. The Morgan fingerprint density at radius 1 is 0.435 bits per heavy atom. The van der Waals surface area contributed by atoms with Crippen LogP contribution in [0, 0.1) is 0 Å². The first-order valence-corrected chi connectivity index (χ1v) is 15.3. The van der Waals surface area contributed by atoms with Crippen molar-refractivity contribution in [3.05, 3.63) is 140 Å². The predicted octanol–water partition coefficient (Wildman–Crippen LogP) is 11.9. The summed E-state index contributed by atoms with van der Waals surface area (Å²) in [6, 6.07) is 45.1. The number of unbranched alkanes of at least 4 members (excludes halogenated alkanes) is 1. The molecule has 46 heavy (non-hydrogen) atoms. The first-order chi connectivity index (χ1) is 22.7. The molecule has 0 heterocycles. The molecule has 228 valence electrons. The van der Waals surface area contributed by atoms with Crippen molar-refractivity contribution in [2.45, 2.75) is 19.8 Å². The fourth-order valence-corrected chi connectivity index (χ4v) is 4.76. The minimum atomic E-state index is 0.0889. The molecule has 0 aliphatic carbocycles. The van der Waals surface area contributed by atoms with Gasteiger partial charge in [-0.3, -0.25) is 0 Å². The van der Waals surface area contributed by atoms with Crippen molar-refractivity contribution in [3.8, 4) is 28.4 Å². The number of nitrogens with zero attached hydrogens (tertiary/aromatic N) is 4. The monoisotopic (exact) mass is 606 g/mol. The molecular weight excluding hydrogens is 572 g/mol. The number of hydrogen-bond acceptors (Lipinski definition) is 7. The van der Waals surface area contributed by atoms with Crippen LogP contribution in [0.15, 0.2) is 160 Å². The Bertz CT molecular complexity index is 1910. The molecule has 0 fully saturated rings. The maximum Gasteiger partial charge on any atom is 0.230 e. The minimum Gasteiger partial charge on any atom is -0.494 e. The lowest BCUT2D eigenvalue weighted by molar-refractivity contribution is 0.120. The van der Waals surface area contributed by atoms with E-state index in [1.54, 1.807) is 0 Å². The van der Waals surface area contributed by atoms with E-state index < -0.39 is 0 Å². The molecule has 0 unspecified atom stereocenters. The molecule has 6 rings (SSSR count). The SMILES string of the molecule is CCCCOc1ccc(OCOc2ccc(N=Nc3ccc(N=Nc4ccc(-c5ccccc5)cc4)c4ccccc34)cc2)cc1. The van der Waals surface area contributed by atoms with Gasteiger partial charge in [-0.2, -0.15) is 10.2 Å². The molecule has 0 atom stereocenters. The summed E-state index contributed by atoms with van der Waals surface area (Å²) in [5, 5.41) is 19.9. The Morgan fingerprint density at radius 3 is 1.43 bits per heavy atom. The third-order valence-electron chi connectivity index (χ3n) is 7.28. The quantitative estimate of drug-likeness (QED) is 0.0745. The second kappa shape index (κ2) is 15.3. The number of azo groups is 2. The van der Waals surface area contributed by atoms with Gasteiger partial charge in [-0.15, -0.1) is 10.2 Å². The van der Waals surface area contributed by atoms with E-state index in [2.05, 4.69) is 51.6 Å². The lowest BCUT2D eigenvalue weighted by atomic mass is 10.1. The van der Waals surface area contributed by atoms with E-state index in [9.17, 15) is 0 Å². The van der Waals surface area contributed by atoms with Crippen LogP contribution in [0.1, 0.15) is 19.8 Å². The van der Waals surface area contributed by atoms with Crippen molar-refractivity contribution in [2.75, 3.05) is 13.4 Å². The largest absolute Gasteiger partial charge is 0.494 e. The van der Waals surface area contributed by atoms with Crippen LogP contribution in [-0.2, 0) is 0 Å². The highest BCUT2D eigenvalue weighted by Gasteiger charge is 2.06. The zero-order valence-corrected chi connectivity index (χ0v) is 25.6. The lowest BCUT2D eigenvalue weighted by Gasteiger charge is -2.10. The summed E-state index contributed by atoms with van der Waals surface area (Å²) >= 11 is 0. The van der Waals surface area contributed by atoms with Crippen LogP contribution in [0.5, 0.6) is 17.2 Å². The van der Waals surface area contributed by atoms with Gasteiger partial charge in [0, 0.05) is 10.8 Å². The summed E-state index contributed by atoms with van der Waals surface area (Å²) in [7, 11) is 0. The molecule has 0 aliphatic rings. The highest BCUT2D eigenvalue weighted by Crippen LogP contribution is 2.35. The molecule has 6 aromatic rings. The van der Waals surface area contributed by atoms with E-state index in [4.69, 9.17) is 14.2 Å². The molecular formula is C39H34N4O3. The Balaban J connectivity index is 1.06.